The van der Waals surface area contributed by atoms with Crippen molar-refractivity contribution in [2.24, 2.45) is 0 Å². The van der Waals surface area contributed by atoms with Crippen molar-refractivity contribution in [2.75, 3.05) is 33.4 Å². The number of rotatable bonds is 8. The molecule has 8 heteroatoms. The van der Waals surface area contributed by atoms with Gasteiger partial charge in [0.15, 0.2) is 0 Å². The Bertz CT molecular complexity index is 612. The van der Waals surface area contributed by atoms with Crippen molar-refractivity contribution in [2.45, 2.75) is 25.4 Å². The van der Waals surface area contributed by atoms with Gasteiger partial charge < -0.3 is 20.5 Å². The molecule has 1 heterocycles. The van der Waals surface area contributed by atoms with E-state index in [-0.39, 0.29) is 31.4 Å². The van der Waals surface area contributed by atoms with E-state index in [0.29, 0.717) is 37.4 Å². The molecule has 1 fully saturated rings. The van der Waals surface area contributed by atoms with Crippen LogP contribution in [0.4, 0.5) is 4.39 Å². The van der Waals surface area contributed by atoms with Crippen LogP contribution >= 0.6 is 0 Å². The normalized spacial score (nSPS) is 17.9. The number of aliphatic hydroxyl groups is 1. The zero-order chi connectivity index (χ0) is 18.2. The summed E-state index contributed by atoms with van der Waals surface area (Å²) in [6.07, 6.45) is 0.457. The van der Waals surface area contributed by atoms with Crippen LogP contribution in [0.2, 0.25) is 0 Å². The summed E-state index contributed by atoms with van der Waals surface area (Å²) in [5.74, 6) is -0.484. The van der Waals surface area contributed by atoms with Gasteiger partial charge in [-0.2, -0.15) is 0 Å². The fraction of sp³-hybridized carbons (Fsp3) is 0.529. The average molecular weight is 353 g/mol. The maximum absolute atomic E-state index is 14.2. The van der Waals surface area contributed by atoms with Gasteiger partial charge in [0, 0.05) is 44.4 Å². The van der Waals surface area contributed by atoms with Gasteiger partial charge in [-0.05, 0) is 12.5 Å². The lowest BCUT2D eigenvalue weighted by atomic mass is 10.1. The third-order valence-corrected chi connectivity index (χ3v) is 4.11. The van der Waals surface area contributed by atoms with Crippen LogP contribution in [0, 0.1) is 5.82 Å². The summed E-state index contributed by atoms with van der Waals surface area (Å²) in [5.41, 5.74) is 0.446. The van der Waals surface area contributed by atoms with E-state index in [1.54, 1.807) is 17.0 Å². The zero-order valence-corrected chi connectivity index (χ0v) is 14.3. The molecule has 1 aromatic carbocycles. The summed E-state index contributed by atoms with van der Waals surface area (Å²) in [6, 6.07) is 3.94. The standard InChI is InChI=1S/C17H24FN3O4/c1-25-13-4-3-12(14(18)9-13)11-21-7-6-20-17(24)15(21)10-16(23)19-5-2-8-22/h3-4,9,15,22H,2,5-8,10-11H2,1H3,(H,19,23)(H,20,24)/t15-/m1/s1. The van der Waals surface area contributed by atoms with Crippen LogP contribution in [0.5, 0.6) is 5.75 Å². The van der Waals surface area contributed by atoms with Gasteiger partial charge in [0.25, 0.3) is 0 Å². The molecule has 1 aliphatic heterocycles. The van der Waals surface area contributed by atoms with E-state index in [1.165, 1.54) is 13.2 Å². The number of nitrogens with one attached hydrogen (secondary N) is 2. The number of hydrogen-bond donors (Lipinski definition) is 3. The number of halogens is 1. The molecule has 2 amide bonds. The van der Waals surface area contributed by atoms with Gasteiger partial charge in [0.1, 0.15) is 11.6 Å². The number of nitrogens with zero attached hydrogens (tertiary/aromatic N) is 1. The topological polar surface area (TPSA) is 90.9 Å². The van der Waals surface area contributed by atoms with E-state index >= 15 is 0 Å². The predicted octanol–water partition coefficient (Wildman–Crippen LogP) is 0.0234. The lowest BCUT2D eigenvalue weighted by Crippen LogP contribution is -2.56. The molecule has 25 heavy (non-hydrogen) atoms. The van der Waals surface area contributed by atoms with Crippen LogP contribution in [0.1, 0.15) is 18.4 Å². The van der Waals surface area contributed by atoms with Gasteiger partial charge in [-0.1, -0.05) is 6.07 Å². The Balaban J connectivity index is 2.03. The highest BCUT2D eigenvalue weighted by Gasteiger charge is 2.31. The van der Waals surface area contributed by atoms with Crippen molar-refractivity contribution in [3.05, 3.63) is 29.6 Å². The van der Waals surface area contributed by atoms with Gasteiger partial charge in [-0.3, -0.25) is 14.5 Å². The molecule has 1 aromatic rings. The first-order valence-corrected chi connectivity index (χ1v) is 8.27. The number of hydrogen-bond acceptors (Lipinski definition) is 5. The minimum absolute atomic E-state index is 0.00492. The molecule has 0 aromatic heterocycles. The molecule has 3 N–H and O–H groups in total. The third-order valence-electron chi connectivity index (χ3n) is 4.11. The van der Waals surface area contributed by atoms with Crippen LogP contribution in [-0.2, 0) is 16.1 Å². The molecule has 2 rings (SSSR count). The summed E-state index contributed by atoms with van der Waals surface area (Å²) in [5, 5.41) is 14.1. The molecule has 1 aliphatic rings. The second kappa shape index (κ2) is 9.33. The smallest absolute Gasteiger partial charge is 0.237 e. The molecule has 1 saturated heterocycles. The summed E-state index contributed by atoms with van der Waals surface area (Å²) < 4.78 is 19.2. The second-order valence-corrected chi connectivity index (χ2v) is 5.87. The number of carbonyl (C=O) groups is 2. The molecule has 0 aliphatic carbocycles. The van der Waals surface area contributed by atoms with E-state index in [9.17, 15) is 14.0 Å². The first-order valence-electron chi connectivity index (χ1n) is 8.27. The van der Waals surface area contributed by atoms with E-state index in [4.69, 9.17) is 9.84 Å². The zero-order valence-electron chi connectivity index (χ0n) is 14.3. The van der Waals surface area contributed by atoms with E-state index in [0.717, 1.165) is 0 Å². The van der Waals surface area contributed by atoms with Crippen LogP contribution in [-0.4, -0.2) is 61.2 Å². The lowest BCUT2D eigenvalue weighted by molar-refractivity contribution is -0.134. The van der Waals surface area contributed by atoms with Crippen molar-refractivity contribution in [1.82, 2.24) is 15.5 Å². The van der Waals surface area contributed by atoms with Crippen molar-refractivity contribution >= 4 is 11.8 Å². The highest BCUT2D eigenvalue weighted by atomic mass is 19.1. The summed E-state index contributed by atoms with van der Waals surface area (Å²) in [6.45, 7) is 1.58. The van der Waals surface area contributed by atoms with Crippen LogP contribution in [0.25, 0.3) is 0 Å². The van der Waals surface area contributed by atoms with Crippen molar-refractivity contribution < 1.29 is 23.8 Å². The van der Waals surface area contributed by atoms with E-state index in [1.807, 2.05) is 0 Å². The SMILES string of the molecule is COc1ccc(CN2CCNC(=O)[C@H]2CC(=O)NCCCO)c(F)c1. The molecular formula is C17H24FN3O4. The molecule has 0 radical (unpaired) electrons. The maximum Gasteiger partial charge on any atom is 0.237 e. The van der Waals surface area contributed by atoms with Crippen LogP contribution in [0.3, 0.4) is 0 Å². The second-order valence-electron chi connectivity index (χ2n) is 5.87. The summed E-state index contributed by atoms with van der Waals surface area (Å²) in [4.78, 5) is 26.0. The minimum Gasteiger partial charge on any atom is -0.497 e. The number of carbonyl (C=O) groups excluding carboxylic acids is 2. The van der Waals surface area contributed by atoms with Crippen molar-refractivity contribution in [3.8, 4) is 5.75 Å². The Morgan fingerprint density at radius 1 is 1.52 bits per heavy atom. The molecule has 7 nitrogen and oxygen atoms in total. The highest BCUT2D eigenvalue weighted by molar-refractivity contribution is 5.88. The fourth-order valence-corrected chi connectivity index (χ4v) is 2.73. The fourth-order valence-electron chi connectivity index (χ4n) is 2.73. The minimum atomic E-state index is -0.649. The van der Waals surface area contributed by atoms with E-state index < -0.39 is 11.9 Å². The lowest BCUT2D eigenvalue weighted by Gasteiger charge is -2.34. The van der Waals surface area contributed by atoms with Gasteiger partial charge in [0.2, 0.25) is 11.8 Å². The summed E-state index contributed by atoms with van der Waals surface area (Å²) >= 11 is 0. The number of benzene rings is 1. The monoisotopic (exact) mass is 353 g/mol. The number of amides is 2. The van der Waals surface area contributed by atoms with Crippen LogP contribution < -0.4 is 15.4 Å². The Morgan fingerprint density at radius 2 is 2.32 bits per heavy atom. The van der Waals surface area contributed by atoms with Crippen LogP contribution in [0.15, 0.2) is 18.2 Å². The quantitative estimate of drug-likeness (QED) is 0.574. The van der Waals surface area contributed by atoms with Gasteiger partial charge >= 0.3 is 0 Å². The number of aliphatic hydroxyl groups excluding tert-OH is 1. The average Bonchev–Trinajstić information content (AvgIpc) is 2.59. The maximum atomic E-state index is 14.2. The number of piperazine rings is 1. The largest absolute Gasteiger partial charge is 0.497 e. The molecule has 1 atom stereocenters. The molecule has 138 valence electrons. The first-order chi connectivity index (χ1) is 12.0. The number of ether oxygens (including phenoxy) is 1. The van der Waals surface area contributed by atoms with Gasteiger partial charge in [0.05, 0.1) is 19.6 Å². The Kier molecular flexibility index (Phi) is 7.15. The molecule has 0 spiro atoms. The van der Waals surface area contributed by atoms with Crippen molar-refractivity contribution in [1.29, 1.82) is 0 Å². The van der Waals surface area contributed by atoms with Gasteiger partial charge in [-0.25, -0.2) is 4.39 Å². The molecule has 0 bridgehead atoms. The predicted molar refractivity (Wildman–Crippen MR) is 89.5 cm³/mol. The Hall–Kier alpha value is -2.19. The molecule has 0 saturated carbocycles. The van der Waals surface area contributed by atoms with Crippen molar-refractivity contribution in [3.63, 3.8) is 0 Å². The first kappa shape index (κ1) is 19.1. The number of methoxy groups -OCH3 is 1. The molecule has 0 unspecified atom stereocenters. The Labute approximate surface area is 146 Å². The Morgan fingerprint density at radius 3 is 3.00 bits per heavy atom. The van der Waals surface area contributed by atoms with Gasteiger partial charge in [-0.15, -0.1) is 0 Å². The third kappa shape index (κ3) is 5.40. The highest BCUT2D eigenvalue weighted by Crippen LogP contribution is 2.20. The van der Waals surface area contributed by atoms with E-state index in [2.05, 4.69) is 10.6 Å². The summed E-state index contributed by atoms with van der Waals surface area (Å²) in [7, 11) is 1.47. The molecular weight excluding hydrogens is 329 g/mol.